The standard InChI is InChI=1S/C17H21NO3.BrH/c1-18-8-7-17-6-5-12(19)9-14(17)21-16-13(20-2)4-3-11(10-18)15(16)17;/h3-6,12,14,19H,7-10H2,1-2H3;1H/t12-,14?,17+;/m0./s1. The van der Waals surface area contributed by atoms with E-state index in [9.17, 15) is 5.11 Å². The minimum atomic E-state index is -0.412. The lowest BCUT2D eigenvalue weighted by Crippen LogP contribution is -2.42. The number of ether oxygens (including phenoxy) is 2. The van der Waals surface area contributed by atoms with Crippen LogP contribution < -0.4 is 9.47 Å². The van der Waals surface area contributed by atoms with Gasteiger partial charge in [-0.15, -0.1) is 17.0 Å². The maximum atomic E-state index is 9.97. The molecule has 22 heavy (non-hydrogen) atoms. The maximum Gasteiger partial charge on any atom is 0.166 e. The Morgan fingerprint density at radius 1 is 1.41 bits per heavy atom. The van der Waals surface area contributed by atoms with Gasteiger partial charge in [0.15, 0.2) is 11.5 Å². The van der Waals surface area contributed by atoms with Gasteiger partial charge in [0.05, 0.1) is 18.6 Å². The van der Waals surface area contributed by atoms with Crippen molar-refractivity contribution in [3.05, 3.63) is 35.4 Å². The second-order valence-corrected chi connectivity index (χ2v) is 6.43. The number of benzene rings is 1. The first-order valence-electron chi connectivity index (χ1n) is 7.57. The predicted molar refractivity (Wildman–Crippen MR) is 90.1 cm³/mol. The number of hydrogen-bond donors (Lipinski definition) is 1. The molecule has 3 atom stereocenters. The highest BCUT2D eigenvalue weighted by atomic mass is 79.9. The Morgan fingerprint density at radius 3 is 3.00 bits per heavy atom. The molecule has 5 heteroatoms. The van der Waals surface area contributed by atoms with Gasteiger partial charge in [-0.3, -0.25) is 0 Å². The van der Waals surface area contributed by atoms with Gasteiger partial charge in [-0.05, 0) is 31.6 Å². The molecule has 0 bridgehead atoms. The average Bonchev–Trinajstić information content (AvgIpc) is 2.72. The van der Waals surface area contributed by atoms with Crippen LogP contribution in [0.4, 0.5) is 0 Å². The zero-order valence-corrected chi connectivity index (χ0v) is 14.6. The Labute approximate surface area is 141 Å². The van der Waals surface area contributed by atoms with E-state index in [2.05, 4.69) is 24.1 Å². The van der Waals surface area contributed by atoms with E-state index >= 15 is 0 Å². The maximum absolute atomic E-state index is 9.97. The molecule has 0 amide bonds. The van der Waals surface area contributed by atoms with Crippen molar-refractivity contribution in [3.8, 4) is 11.5 Å². The van der Waals surface area contributed by atoms with Gasteiger partial charge in [0, 0.05) is 18.5 Å². The Kier molecular flexibility index (Phi) is 4.00. The van der Waals surface area contributed by atoms with Crippen molar-refractivity contribution >= 4 is 17.0 Å². The fourth-order valence-corrected chi connectivity index (χ4v) is 4.08. The molecule has 2 aliphatic heterocycles. The number of rotatable bonds is 1. The number of methoxy groups -OCH3 is 1. The smallest absolute Gasteiger partial charge is 0.166 e. The molecule has 0 saturated carbocycles. The van der Waals surface area contributed by atoms with Crippen LogP contribution in [0, 0.1) is 0 Å². The molecule has 1 spiro atoms. The molecule has 4 nitrogen and oxygen atoms in total. The normalized spacial score (nSPS) is 32.3. The summed E-state index contributed by atoms with van der Waals surface area (Å²) in [4.78, 5) is 2.35. The summed E-state index contributed by atoms with van der Waals surface area (Å²) in [5.41, 5.74) is 2.48. The van der Waals surface area contributed by atoms with Gasteiger partial charge in [0.2, 0.25) is 0 Å². The lowest BCUT2D eigenvalue weighted by atomic mass is 9.69. The third kappa shape index (κ3) is 2.10. The largest absolute Gasteiger partial charge is 0.493 e. The van der Waals surface area contributed by atoms with Crippen molar-refractivity contribution in [1.82, 2.24) is 4.90 Å². The molecule has 4 rings (SSSR count). The molecule has 0 radical (unpaired) electrons. The molecule has 2 heterocycles. The molecule has 1 unspecified atom stereocenters. The van der Waals surface area contributed by atoms with Crippen molar-refractivity contribution in [2.75, 3.05) is 20.7 Å². The van der Waals surface area contributed by atoms with E-state index in [-0.39, 0.29) is 28.5 Å². The molecule has 1 aromatic carbocycles. The summed E-state index contributed by atoms with van der Waals surface area (Å²) in [6, 6.07) is 4.16. The molecule has 1 aromatic rings. The van der Waals surface area contributed by atoms with Crippen LogP contribution >= 0.6 is 17.0 Å². The summed E-state index contributed by atoms with van der Waals surface area (Å²) in [6.07, 6.45) is 5.38. The molecule has 120 valence electrons. The van der Waals surface area contributed by atoms with E-state index in [1.807, 2.05) is 12.1 Å². The van der Waals surface area contributed by atoms with Crippen LogP contribution in [-0.2, 0) is 12.0 Å². The number of aliphatic hydroxyl groups excluding tert-OH is 1. The number of aliphatic hydroxyl groups is 1. The van der Waals surface area contributed by atoms with Crippen LogP contribution in [0.25, 0.3) is 0 Å². The number of nitrogens with zero attached hydrogens (tertiary/aromatic N) is 1. The Balaban J connectivity index is 0.00000144. The van der Waals surface area contributed by atoms with Crippen molar-refractivity contribution in [1.29, 1.82) is 0 Å². The molecule has 0 saturated heterocycles. The molecule has 1 aliphatic carbocycles. The summed E-state index contributed by atoms with van der Waals surface area (Å²) in [6.45, 7) is 1.96. The lowest BCUT2D eigenvalue weighted by Gasteiger charge is -2.35. The second kappa shape index (κ2) is 5.55. The van der Waals surface area contributed by atoms with E-state index in [4.69, 9.17) is 9.47 Å². The molecule has 1 N–H and O–H groups in total. The van der Waals surface area contributed by atoms with Gasteiger partial charge in [-0.1, -0.05) is 18.2 Å². The van der Waals surface area contributed by atoms with Crippen molar-refractivity contribution in [3.63, 3.8) is 0 Å². The van der Waals surface area contributed by atoms with Gasteiger partial charge in [-0.25, -0.2) is 0 Å². The first-order chi connectivity index (χ1) is 10.1. The summed E-state index contributed by atoms with van der Waals surface area (Å²) < 4.78 is 11.8. The van der Waals surface area contributed by atoms with Crippen LogP contribution in [0.3, 0.4) is 0 Å². The highest BCUT2D eigenvalue weighted by molar-refractivity contribution is 8.93. The highest BCUT2D eigenvalue weighted by Gasteiger charge is 2.52. The van der Waals surface area contributed by atoms with Crippen LogP contribution in [0.5, 0.6) is 11.5 Å². The van der Waals surface area contributed by atoms with Crippen LogP contribution in [0.1, 0.15) is 24.0 Å². The van der Waals surface area contributed by atoms with Gasteiger partial charge in [0.25, 0.3) is 0 Å². The van der Waals surface area contributed by atoms with Gasteiger partial charge >= 0.3 is 0 Å². The zero-order valence-electron chi connectivity index (χ0n) is 12.9. The molecule has 3 aliphatic rings. The highest BCUT2D eigenvalue weighted by Crippen LogP contribution is 2.55. The van der Waals surface area contributed by atoms with E-state index in [1.54, 1.807) is 7.11 Å². The van der Waals surface area contributed by atoms with Crippen LogP contribution in [0.2, 0.25) is 0 Å². The van der Waals surface area contributed by atoms with E-state index in [0.717, 1.165) is 31.0 Å². The van der Waals surface area contributed by atoms with Gasteiger partial charge < -0.3 is 19.5 Å². The molecular formula is C17H22BrNO3. The van der Waals surface area contributed by atoms with E-state index in [1.165, 1.54) is 11.1 Å². The summed E-state index contributed by atoms with van der Waals surface area (Å²) in [5.74, 6) is 1.68. The summed E-state index contributed by atoms with van der Waals surface area (Å²) >= 11 is 0. The Hall–Kier alpha value is -1.04. The SMILES string of the molecule is Br.COc1ccc2c3c1OC1C[C@@H](O)C=C[C@]31CCN(C)C2. The first-order valence-corrected chi connectivity index (χ1v) is 7.57. The third-order valence-electron chi connectivity index (χ3n) is 5.15. The number of hydrogen-bond acceptors (Lipinski definition) is 4. The summed E-state index contributed by atoms with van der Waals surface area (Å²) in [5, 5.41) is 9.97. The van der Waals surface area contributed by atoms with E-state index < -0.39 is 6.10 Å². The quantitative estimate of drug-likeness (QED) is 0.774. The third-order valence-corrected chi connectivity index (χ3v) is 5.15. The minimum Gasteiger partial charge on any atom is -0.493 e. The van der Waals surface area contributed by atoms with Gasteiger partial charge in [0.1, 0.15) is 6.10 Å². The van der Waals surface area contributed by atoms with E-state index in [0.29, 0.717) is 6.42 Å². The molecular weight excluding hydrogens is 346 g/mol. The predicted octanol–water partition coefficient (Wildman–Crippen LogP) is 2.43. The Bertz CT molecular complexity index is 618. The van der Waals surface area contributed by atoms with Gasteiger partial charge in [-0.2, -0.15) is 0 Å². The van der Waals surface area contributed by atoms with Crippen molar-refractivity contribution in [2.24, 2.45) is 0 Å². The monoisotopic (exact) mass is 367 g/mol. The fourth-order valence-electron chi connectivity index (χ4n) is 4.08. The van der Waals surface area contributed by atoms with Crippen LogP contribution in [-0.4, -0.2) is 42.9 Å². The first kappa shape index (κ1) is 15.8. The fraction of sp³-hybridized carbons (Fsp3) is 0.529. The lowest BCUT2D eigenvalue weighted by molar-refractivity contribution is 0.0821. The second-order valence-electron chi connectivity index (χ2n) is 6.43. The molecule has 0 fully saturated rings. The summed E-state index contributed by atoms with van der Waals surface area (Å²) in [7, 11) is 3.84. The molecule has 0 aromatic heterocycles. The Morgan fingerprint density at radius 2 is 2.23 bits per heavy atom. The van der Waals surface area contributed by atoms with Crippen LogP contribution in [0.15, 0.2) is 24.3 Å². The van der Waals surface area contributed by atoms with Crippen molar-refractivity contribution in [2.45, 2.75) is 37.0 Å². The topological polar surface area (TPSA) is 41.9 Å². The zero-order chi connectivity index (χ0) is 14.6. The average molecular weight is 368 g/mol. The number of halogens is 1. The van der Waals surface area contributed by atoms with Crippen molar-refractivity contribution < 1.29 is 14.6 Å². The minimum absolute atomic E-state index is 0.